The topological polar surface area (TPSA) is 25.8 Å². The van der Waals surface area contributed by atoms with Gasteiger partial charge in [0, 0.05) is 37.2 Å². The van der Waals surface area contributed by atoms with Crippen molar-refractivity contribution in [3.05, 3.63) is 115 Å². The molecule has 0 bridgehead atoms. The SMILES string of the molecule is C[Si](C)(C)c1ccc2sc3c(-c4ccccn4)[c-]ccc3c2c1.[Ir].[c-]1ccccc1-c1ccc(C2CCCC2)cn1. The van der Waals surface area contributed by atoms with Crippen molar-refractivity contribution in [3.8, 4) is 22.5 Å². The molecule has 7 rings (SSSR count). The van der Waals surface area contributed by atoms with Gasteiger partial charge in [0.15, 0.2) is 0 Å². The van der Waals surface area contributed by atoms with Crippen molar-refractivity contribution in [2.24, 2.45) is 0 Å². The summed E-state index contributed by atoms with van der Waals surface area (Å²) in [6.07, 6.45) is 9.31. The van der Waals surface area contributed by atoms with E-state index in [0.29, 0.717) is 0 Å². The van der Waals surface area contributed by atoms with Crippen LogP contribution in [0, 0.1) is 12.1 Å². The molecule has 0 aliphatic heterocycles. The van der Waals surface area contributed by atoms with Gasteiger partial charge in [0.25, 0.3) is 0 Å². The fourth-order valence-corrected chi connectivity index (χ4v) is 7.88. The summed E-state index contributed by atoms with van der Waals surface area (Å²) < 4.78 is 2.63. The molecule has 3 aromatic carbocycles. The van der Waals surface area contributed by atoms with E-state index in [1.54, 1.807) is 0 Å². The second kappa shape index (κ2) is 12.9. The van der Waals surface area contributed by atoms with Crippen LogP contribution in [-0.2, 0) is 20.1 Å². The summed E-state index contributed by atoms with van der Waals surface area (Å²) in [5.41, 5.74) is 5.61. The molecule has 209 valence electrons. The third kappa shape index (κ3) is 6.60. The van der Waals surface area contributed by atoms with Gasteiger partial charge in [-0.2, -0.15) is 11.3 Å². The quantitative estimate of drug-likeness (QED) is 0.133. The summed E-state index contributed by atoms with van der Waals surface area (Å²) in [6, 6.07) is 36.2. The third-order valence-electron chi connectivity index (χ3n) is 7.82. The van der Waals surface area contributed by atoms with E-state index in [9.17, 15) is 0 Å². The van der Waals surface area contributed by atoms with Crippen LogP contribution < -0.4 is 5.19 Å². The van der Waals surface area contributed by atoms with Crippen molar-refractivity contribution in [1.82, 2.24) is 9.97 Å². The third-order valence-corrected chi connectivity index (χ3v) is 11.1. The number of pyridine rings is 2. The van der Waals surface area contributed by atoms with E-state index in [2.05, 4.69) is 90.3 Å². The van der Waals surface area contributed by atoms with Crippen LogP contribution in [0.3, 0.4) is 0 Å². The zero-order valence-electron chi connectivity index (χ0n) is 23.8. The maximum atomic E-state index is 4.56. The summed E-state index contributed by atoms with van der Waals surface area (Å²) >= 11 is 1.85. The van der Waals surface area contributed by atoms with Crippen LogP contribution in [0.4, 0.5) is 0 Å². The molecule has 3 heterocycles. The van der Waals surface area contributed by atoms with E-state index in [1.165, 1.54) is 56.6 Å². The molecule has 0 spiro atoms. The molecular weight excluding hydrogens is 713 g/mol. The zero-order valence-corrected chi connectivity index (χ0v) is 28.0. The zero-order chi connectivity index (χ0) is 27.5. The van der Waals surface area contributed by atoms with Crippen LogP contribution in [-0.4, -0.2) is 18.0 Å². The number of aromatic nitrogens is 2. The maximum absolute atomic E-state index is 4.56. The number of rotatable bonds is 4. The van der Waals surface area contributed by atoms with E-state index < -0.39 is 8.07 Å². The molecule has 1 fully saturated rings. The largest absolute Gasteiger partial charge is 0.305 e. The number of hydrogen-bond acceptors (Lipinski definition) is 3. The van der Waals surface area contributed by atoms with Crippen LogP contribution in [0.2, 0.25) is 19.6 Å². The molecule has 3 aromatic heterocycles. The van der Waals surface area contributed by atoms with E-state index in [1.807, 2.05) is 60.1 Å². The summed E-state index contributed by atoms with van der Waals surface area (Å²) in [5, 5.41) is 4.21. The summed E-state index contributed by atoms with van der Waals surface area (Å²) in [7, 11) is -1.30. The van der Waals surface area contributed by atoms with Crippen LogP contribution in [0.5, 0.6) is 0 Å². The Hall–Kier alpha value is -2.95. The fourth-order valence-electron chi connectivity index (χ4n) is 5.53. The monoisotopic (exact) mass is 747 g/mol. The Kier molecular flexibility index (Phi) is 9.30. The Morgan fingerprint density at radius 3 is 2.29 bits per heavy atom. The minimum absolute atomic E-state index is 0. The van der Waals surface area contributed by atoms with Crippen LogP contribution in [0.25, 0.3) is 42.7 Å². The first-order valence-corrected chi connectivity index (χ1v) is 18.5. The molecule has 2 nitrogen and oxygen atoms in total. The van der Waals surface area contributed by atoms with Gasteiger partial charge in [-0.15, -0.1) is 59.7 Å². The second-order valence-corrected chi connectivity index (χ2v) is 17.7. The van der Waals surface area contributed by atoms with Gasteiger partial charge >= 0.3 is 0 Å². The minimum Gasteiger partial charge on any atom is -0.305 e. The molecule has 1 aliphatic carbocycles. The van der Waals surface area contributed by atoms with E-state index in [-0.39, 0.29) is 20.1 Å². The summed E-state index contributed by atoms with van der Waals surface area (Å²) in [5.74, 6) is 0.747. The molecule has 0 N–H and O–H groups in total. The van der Waals surface area contributed by atoms with Gasteiger partial charge in [-0.25, -0.2) is 0 Å². The van der Waals surface area contributed by atoms with Crippen molar-refractivity contribution < 1.29 is 20.1 Å². The van der Waals surface area contributed by atoms with E-state index in [4.69, 9.17) is 0 Å². The van der Waals surface area contributed by atoms with Crippen molar-refractivity contribution in [1.29, 1.82) is 0 Å². The Morgan fingerprint density at radius 1 is 0.780 bits per heavy atom. The summed E-state index contributed by atoms with van der Waals surface area (Å²) in [4.78, 5) is 9.07. The summed E-state index contributed by atoms with van der Waals surface area (Å²) in [6.45, 7) is 7.20. The molecule has 6 aromatic rings. The number of fused-ring (bicyclic) bond motifs is 3. The Balaban J connectivity index is 0.000000168. The molecule has 0 amide bonds. The first-order chi connectivity index (χ1) is 19.5. The Labute approximate surface area is 262 Å². The number of nitrogens with zero attached hydrogens (tertiary/aromatic N) is 2. The number of hydrogen-bond donors (Lipinski definition) is 0. The van der Waals surface area contributed by atoms with Gasteiger partial charge in [0.1, 0.15) is 0 Å². The van der Waals surface area contributed by atoms with Crippen molar-refractivity contribution >= 4 is 44.8 Å². The normalized spacial score (nSPS) is 13.5. The Morgan fingerprint density at radius 2 is 1.61 bits per heavy atom. The van der Waals surface area contributed by atoms with Gasteiger partial charge in [0.2, 0.25) is 0 Å². The van der Waals surface area contributed by atoms with Gasteiger partial charge in [0.05, 0.1) is 8.07 Å². The van der Waals surface area contributed by atoms with Gasteiger partial charge in [-0.1, -0.05) is 79.5 Å². The molecule has 1 saturated carbocycles. The van der Waals surface area contributed by atoms with Crippen LogP contribution >= 0.6 is 11.3 Å². The molecule has 0 atom stereocenters. The van der Waals surface area contributed by atoms with Crippen molar-refractivity contribution in [3.63, 3.8) is 0 Å². The molecule has 1 radical (unpaired) electrons. The predicted octanol–water partition coefficient (Wildman–Crippen LogP) is 9.67. The molecule has 5 heteroatoms. The van der Waals surface area contributed by atoms with Gasteiger partial charge in [-0.05, 0) is 57.9 Å². The van der Waals surface area contributed by atoms with E-state index >= 15 is 0 Å². The molecule has 0 unspecified atom stereocenters. The number of benzene rings is 3. The van der Waals surface area contributed by atoms with Gasteiger partial charge < -0.3 is 9.97 Å². The first kappa shape index (κ1) is 29.5. The molecule has 1 aliphatic rings. The second-order valence-electron chi connectivity index (χ2n) is 11.6. The molecular formula is C36H34IrN2SSi-2. The standard InChI is InChI=1S/C20H18NSSi.C16H16N.Ir/c1-23(2,3)14-10-11-19-17(13-14)15-7-6-8-16(20(15)22-19)18-9-4-5-12-21-18;1-2-8-14(9-3-1)16-11-10-15(12-17-16)13-6-4-5-7-13;/h4-7,9-13H,1-3H3;1-3,8,10-13H,4-7H2;/q2*-1;. The average Bonchev–Trinajstić information content (AvgIpc) is 3.66. The van der Waals surface area contributed by atoms with Crippen molar-refractivity contribution in [2.75, 3.05) is 0 Å². The predicted molar refractivity (Wildman–Crippen MR) is 174 cm³/mol. The average molecular weight is 747 g/mol. The minimum atomic E-state index is -1.30. The molecule has 41 heavy (non-hydrogen) atoms. The number of thiophene rings is 1. The van der Waals surface area contributed by atoms with Gasteiger partial charge in [-0.3, -0.25) is 0 Å². The van der Waals surface area contributed by atoms with Crippen molar-refractivity contribution in [2.45, 2.75) is 51.2 Å². The smallest absolute Gasteiger partial charge is 0.0776 e. The maximum Gasteiger partial charge on any atom is 0.0776 e. The first-order valence-electron chi connectivity index (χ1n) is 14.2. The van der Waals surface area contributed by atoms with E-state index in [0.717, 1.165) is 28.4 Å². The fraction of sp³-hybridized carbons (Fsp3) is 0.222. The Bertz CT molecular complexity index is 1720. The molecule has 0 saturated heterocycles. The van der Waals surface area contributed by atoms with Crippen LogP contribution in [0.15, 0.2) is 97.3 Å². The van der Waals surface area contributed by atoms with Crippen LogP contribution in [0.1, 0.15) is 37.2 Å².